The van der Waals surface area contributed by atoms with Crippen LogP contribution in [0.2, 0.25) is 10.0 Å². The van der Waals surface area contributed by atoms with Gasteiger partial charge in [-0.05, 0) is 123 Å². The highest BCUT2D eigenvalue weighted by atomic mass is 35.5. The second-order valence-electron chi connectivity index (χ2n) is 12.3. The van der Waals surface area contributed by atoms with Gasteiger partial charge in [0.15, 0.2) is 5.75 Å². The molecule has 1 N–H and O–H groups in total. The fraction of sp³-hybridized carbons (Fsp3) is 0.457. The summed E-state index contributed by atoms with van der Waals surface area (Å²) in [6, 6.07) is 18.8. The second-order valence-corrected chi connectivity index (χ2v) is 13.1. The van der Waals surface area contributed by atoms with Crippen LogP contribution in [0.15, 0.2) is 54.6 Å². The van der Waals surface area contributed by atoms with Crippen molar-refractivity contribution in [3.05, 3.63) is 92.5 Å². The Labute approximate surface area is 259 Å². The fourth-order valence-corrected chi connectivity index (χ4v) is 7.68. The number of carbonyl (C=O) groups excluding carboxylic acids is 1. The maximum absolute atomic E-state index is 14.4. The Hall–Kier alpha value is -2.73. The van der Waals surface area contributed by atoms with E-state index in [0.29, 0.717) is 59.3 Å². The largest absolute Gasteiger partial charge is 0.490 e. The molecular weight excluding hydrogens is 567 g/mol. The molecule has 1 heterocycles. The predicted molar refractivity (Wildman–Crippen MR) is 169 cm³/mol. The summed E-state index contributed by atoms with van der Waals surface area (Å²) in [7, 11) is 0. The molecule has 0 unspecified atom stereocenters. The minimum atomic E-state index is -0.000102. The van der Waals surface area contributed by atoms with Crippen LogP contribution in [0.3, 0.4) is 0 Å². The van der Waals surface area contributed by atoms with E-state index in [9.17, 15) is 4.79 Å². The van der Waals surface area contributed by atoms with Gasteiger partial charge in [-0.3, -0.25) is 4.79 Å². The van der Waals surface area contributed by atoms with E-state index in [1.165, 1.54) is 22.3 Å². The molecule has 2 aliphatic carbocycles. The zero-order valence-electron chi connectivity index (χ0n) is 24.7. The number of nitrogens with zero attached hydrogens (tertiary/aromatic N) is 1. The molecule has 42 heavy (non-hydrogen) atoms. The van der Waals surface area contributed by atoms with Crippen molar-refractivity contribution in [2.45, 2.75) is 58.5 Å². The molecule has 1 saturated heterocycles. The molecule has 222 valence electrons. The zero-order chi connectivity index (χ0) is 29.4. The summed E-state index contributed by atoms with van der Waals surface area (Å²) in [6.45, 7) is 9.61. The lowest BCUT2D eigenvalue weighted by molar-refractivity contribution is -0.138. The van der Waals surface area contributed by atoms with Gasteiger partial charge < -0.3 is 19.7 Å². The molecular formula is C35H40Cl2N2O3. The van der Waals surface area contributed by atoms with E-state index in [4.69, 9.17) is 32.7 Å². The van der Waals surface area contributed by atoms with Crippen molar-refractivity contribution in [2.24, 2.45) is 17.8 Å². The molecule has 4 atom stereocenters. The number of amides is 1. The minimum absolute atomic E-state index is 0.000102. The standard InChI is InChI=1S/C35H40Cl2N2O3/c1-21-15-31(36)34(32(37)16-21)42-14-13-41-28-11-7-24(8-12-28)29-17-26-18-38-19-30(26)33(29)35(40)39(27-9-10-27)20-25-6-4-5-22(2)23(25)3/h4-8,11-12,15-16,26-27,29-30,33,38H,9-10,13-14,17-20H2,1-3H3/t26-,29-,30+,33-/m1/s1. The number of rotatable bonds is 10. The van der Waals surface area contributed by atoms with Gasteiger partial charge in [0.2, 0.25) is 5.91 Å². The molecule has 2 saturated carbocycles. The number of nitrogens with one attached hydrogen (secondary N) is 1. The summed E-state index contributed by atoms with van der Waals surface area (Å²) >= 11 is 12.6. The maximum Gasteiger partial charge on any atom is 0.227 e. The lowest BCUT2D eigenvalue weighted by Crippen LogP contribution is -2.41. The third kappa shape index (κ3) is 6.15. The van der Waals surface area contributed by atoms with Crippen molar-refractivity contribution < 1.29 is 14.3 Å². The van der Waals surface area contributed by atoms with Gasteiger partial charge >= 0.3 is 0 Å². The van der Waals surface area contributed by atoms with E-state index in [2.05, 4.69) is 54.4 Å². The first-order valence-corrected chi connectivity index (χ1v) is 15.9. The van der Waals surface area contributed by atoms with Crippen molar-refractivity contribution in [1.29, 1.82) is 0 Å². The molecule has 3 fully saturated rings. The Morgan fingerprint density at radius 1 is 0.952 bits per heavy atom. The molecule has 6 rings (SSSR count). The summed E-state index contributed by atoms with van der Waals surface area (Å²) < 4.78 is 11.8. The maximum atomic E-state index is 14.4. The van der Waals surface area contributed by atoms with E-state index in [-0.39, 0.29) is 11.8 Å². The monoisotopic (exact) mass is 606 g/mol. The zero-order valence-corrected chi connectivity index (χ0v) is 26.2. The van der Waals surface area contributed by atoms with Crippen molar-refractivity contribution in [3.63, 3.8) is 0 Å². The van der Waals surface area contributed by atoms with Crippen molar-refractivity contribution in [1.82, 2.24) is 10.2 Å². The summed E-state index contributed by atoms with van der Waals surface area (Å²) in [4.78, 5) is 16.6. The predicted octanol–water partition coefficient (Wildman–Crippen LogP) is 7.51. The molecule has 5 nitrogen and oxygen atoms in total. The van der Waals surface area contributed by atoms with E-state index < -0.39 is 0 Å². The topological polar surface area (TPSA) is 50.8 Å². The first-order valence-electron chi connectivity index (χ1n) is 15.2. The smallest absolute Gasteiger partial charge is 0.227 e. The molecule has 7 heteroatoms. The Morgan fingerprint density at radius 3 is 2.38 bits per heavy atom. The van der Waals surface area contributed by atoms with Crippen LogP contribution in [-0.4, -0.2) is 43.2 Å². The van der Waals surface area contributed by atoms with Gasteiger partial charge in [-0.25, -0.2) is 0 Å². The van der Waals surface area contributed by atoms with Crippen LogP contribution in [0.1, 0.15) is 53.0 Å². The van der Waals surface area contributed by atoms with E-state index in [1.54, 1.807) is 0 Å². The summed E-state index contributed by atoms with van der Waals surface area (Å²) in [5.41, 5.74) is 6.06. The molecule has 0 spiro atoms. The number of benzene rings is 3. The van der Waals surface area contributed by atoms with Crippen molar-refractivity contribution in [3.8, 4) is 11.5 Å². The van der Waals surface area contributed by atoms with Crippen LogP contribution in [0, 0.1) is 38.5 Å². The minimum Gasteiger partial charge on any atom is -0.490 e. The van der Waals surface area contributed by atoms with Gasteiger partial charge in [0, 0.05) is 18.5 Å². The average Bonchev–Trinajstić information content (AvgIpc) is 3.59. The van der Waals surface area contributed by atoms with Gasteiger partial charge in [0.1, 0.15) is 19.0 Å². The third-order valence-corrected chi connectivity index (χ3v) is 10.1. The molecule has 1 amide bonds. The van der Waals surface area contributed by atoms with Crippen LogP contribution >= 0.6 is 23.2 Å². The van der Waals surface area contributed by atoms with Crippen LogP contribution < -0.4 is 14.8 Å². The lowest BCUT2D eigenvalue weighted by atomic mass is 9.83. The van der Waals surface area contributed by atoms with Crippen molar-refractivity contribution >= 4 is 29.1 Å². The van der Waals surface area contributed by atoms with E-state index in [1.807, 2.05) is 31.2 Å². The van der Waals surface area contributed by atoms with Crippen LogP contribution in [0.25, 0.3) is 0 Å². The van der Waals surface area contributed by atoms with Gasteiger partial charge in [0.05, 0.1) is 10.0 Å². The first kappa shape index (κ1) is 29.3. The number of hydrogen-bond acceptors (Lipinski definition) is 4. The number of aryl methyl sites for hydroxylation is 2. The second kappa shape index (κ2) is 12.5. The Kier molecular flexibility index (Phi) is 8.72. The normalized spacial score (nSPS) is 23.1. The highest BCUT2D eigenvalue weighted by molar-refractivity contribution is 6.37. The van der Waals surface area contributed by atoms with Crippen LogP contribution in [-0.2, 0) is 11.3 Å². The van der Waals surface area contributed by atoms with Gasteiger partial charge in [0.25, 0.3) is 0 Å². The van der Waals surface area contributed by atoms with Gasteiger partial charge in [-0.2, -0.15) is 0 Å². The first-order chi connectivity index (χ1) is 20.3. The number of hydrogen-bond donors (Lipinski definition) is 1. The molecule has 0 radical (unpaired) electrons. The number of carbonyl (C=O) groups is 1. The number of fused-ring (bicyclic) bond motifs is 1. The van der Waals surface area contributed by atoms with E-state index >= 15 is 0 Å². The average molecular weight is 608 g/mol. The Morgan fingerprint density at radius 2 is 1.67 bits per heavy atom. The molecule has 3 aromatic rings. The van der Waals surface area contributed by atoms with Crippen LogP contribution in [0.5, 0.6) is 11.5 Å². The van der Waals surface area contributed by atoms with Crippen LogP contribution in [0.4, 0.5) is 0 Å². The molecule has 3 aliphatic rings. The number of ether oxygens (including phenoxy) is 2. The van der Waals surface area contributed by atoms with Gasteiger partial charge in [-0.1, -0.05) is 53.5 Å². The van der Waals surface area contributed by atoms with Crippen molar-refractivity contribution in [2.75, 3.05) is 26.3 Å². The fourth-order valence-electron chi connectivity index (χ4n) is 6.97. The summed E-state index contributed by atoms with van der Waals surface area (Å²) in [6.07, 6.45) is 3.26. The highest BCUT2D eigenvalue weighted by Crippen LogP contribution is 2.50. The van der Waals surface area contributed by atoms with Gasteiger partial charge in [-0.15, -0.1) is 0 Å². The quantitative estimate of drug-likeness (QED) is 0.243. The SMILES string of the molecule is Cc1cc(Cl)c(OCCOc2ccc([C@H]3C[C@@H]4CNC[C@@H]4[C@@H]3C(=O)N(Cc3cccc(C)c3C)C3CC3)cc2)c(Cl)c1. The Balaban J connectivity index is 1.13. The number of halogens is 2. The molecule has 0 aromatic heterocycles. The molecule has 3 aromatic carbocycles. The molecule has 1 aliphatic heterocycles. The third-order valence-electron chi connectivity index (χ3n) is 9.51. The molecule has 0 bridgehead atoms. The Bertz CT molecular complexity index is 1420. The highest BCUT2D eigenvalue weighted by Gasteiger charge is 2.51. The summed E-state index contributed by atoms with van der Waals surface area (Å²) in [5, 5.41) is 4.57. The summed E-state index contributed by atoms with van der Waals surface area (Å²) in [5.74, 6) is 2.75. The van der Waals surface area contributed by atoms with E-state index in [0.717, 1.165) is 43.7 Å². The lowest BCUT2D eigenvalue weighted by Gasteiger charge is -2.32.